The minimum atomic E-state index is 0.383. The molecule has 0 aliphatic carbocycles. The highest BCUT2D eigenvalue weighted by Gasteiger charge is 2.12. The molecule has 114 valence electrons. The first-order valence-electron chi connectivity index (χ1n) is 7.28. The summed E-state index contributed by atoms with van der Waals surface area (Å²) in [4.78, 5) is 4.44. The zero-order chi connectivity index (χ0) is 16.4. The van der Waals surface area contributed by atoms with E-state index in [0.717, 1.165) is 22.4 Å². The molecule has 0 saturated carbocycles. The van der Waals surface area contributed by atoms with Gasteiger partial charge in [0.2, 0.25) is 5.82 Å². The van der Waals surface area contributed by atoms with E-state index in [4.69, 9.17) is 9.78 Å². The van der Waals surface area contributed by atoms with Gasteiger partial charge in [-0.2, -0.15) is 15.3 Å². The summed E-state index contributed by atoms with van der Waals surface area (Å²) in [5, 5.41) is 19.9. The largest absolute Gasteiger partial charge is 0.334 e. The first-order chi connectivity index (χ1) is 11.8. The summed E-state index contributed by atoms with van der Waals surface area (Å²) in [5.74, 6) is 0.878. The van der Waals surface area contributed by atoms with Crippen LogP contribution in [-0.2, 0) is 0 Å². The normalized spacial score (nSPS) is 10.5. The molecule has 1 N–H and O–H groups in total. The lowest BCUT2D eigenvalue weighted by Crippen LogP contribution is -1.84. The molecule has 2 aromatic heterocycles. The second kappa shape index (κ2) is 5.82. The molecule has 0 saturated heterocycles. The number of H-pyrrole nitrogens is 1. The van der Waals surface area contributed by atoms with Crippen molar-refractivity contribution < 1.29 is 4.52 Å². The van der Waals surface area contributed by atoms with Crippen molar-refractivity contribution in [3.63, 3.8) is 0 Å². The van der Waals surface area contributed by atoms with Gasteiger partial charge in [-0.1, -0.05) is 29.4 Å². The van der Waals surface area contributed by atoms with E-state index in [2.05, 4.69) is 26.4 Å². The van der Waals surface area contributed by atoms with Crippen molar-refractivity contribution in [3.8, 4) is 40.2 Å². The second-order valence-corrected chi connectivity index (χ2v) is 5.17. The number of aromatic nitrogens is 4. The van der Waals surface area contributed by atoms with Crippen LogP contribution in [0.2, 0.25) is 0 Å². The molecular weight excluding hydrogens is 302 g/mol. The van der Waals surface area contributed by atoms with Crippen LogP contribution in [0.4, 0.5) is 0 Å². The molecule has 0 unspecified atom stereocenters. The summed E-state index contributed by atoms with van der Waals surface area (Å²) in [6.07, 6.45) is 1.71. The Hall–Kier alpha value is -3.72. The molecule has 0 aliphatic heterocycles. The number of nitriles is 1. The Bertz CT molecular complexity index is 1030. The molecule has 0 aliphatic rings. The number of rotatable bonds is 3. The van der Waals surface area contributed by atoms with Crippen molar-refractivity contribution in [2.75, 3.05) is 0 Å². The zero-order valence-corrected chi connectivity index (χ0v) is 12.5. The maximum atomic E-state index is 8.99. The highest BCUT2D eigenvalue weighted by atomic mass is 16.5. The maximum Gasteiger partial charge on any atom is 0.258 e. The van der Waals surface area contributed by atoms with Gasteiger partial charge in [0.05, 0.1) is 17.3 Å². The maximum absolute atomic E-state index is 8.99. The molecule has 0 spiro atoms. The minimum Gasteiger partial charge on any atom is -0.334 e. The fourth-order valence-electron chi connectivity index (χ4n) is 2.42. The van der Waals surface area contributed by atoms with Crippen LogP contribution in [0.3, 0.4) is 0 Å². The van der Waals surface area contributed by atoms with E-state index < -0.39 is 0 Å². The van der Waals surface area contributed by atoms with E-state index in [1.165, 1.54) is 0 Å². The molecule has 0 amide bonds. The summed E-state index contributed by atoms with van der Waals surface area (Å²) < 4.78 is 5.34. The SMILES string of the molecule is N#Cc1cccc(-c2nc(-c3cccc(-c4ccn[nH]4)c3)no2)c1. The summed E-state index contributed by atoms with van der Waals surface area (Å²) in [6, 6.07) is 18.9. The summed E-state index contributed by atoms with van der Waals surface area (Å²) in [7, 11) is 0. The molecule has 2 aromatic carbocycles. The lowest BCUT2D eigenvalue weighted by atomic mass is 10.1. The van der Waals surface area contributed by atoms with Gasteiger partial charge in [-0.3, -0.25) is 5.10 Å². The van der Waals surface area contributed by atoms with Gasteiger partial charge in [-0.15, -0.1) is 0 Å². The lowest BCUT2D eigenvalue weighted by Gasteiger charge is -1.99. The van der Waals surface area contributed by atoms with Crippen molar-refractivity contribution in [2.24, 2.45) is 0 Å². The molecule has 4 aromatic rings. The van der Waals surface area contributed by atoms with Gasteiger partial charge in [0.1, 0.15) is 0 Å². The quantitative estimate of drug-likeness (QED) is 0.623. The first kappa shape index (κ1) is 13.9. The molecule has 0 radical (unpaired) electrons. The van der Waals surface area contributed by atoms with Crippen LogP contribution in [-0.4, -0.2) is 20.3 Å². The molecule has 0 fully saturated rings. The highest BCUT2D eigenvalue weighted by molar-refractivity contribution is 5.68. The fraction of sp³-hybridized carbons (Fsp3) is 0. The summed E-state index contributed by atoms with van der Waals surface area (Å²) >= 11 is 0. The van der Waals surface area contributed by atoms with Gasteiger partial charge < -0.3 is 4.52 Å². The highest BCUT2D eigenvalue weighted by Crippen LogP contribution is 2.26. The smallest absolute Gasteiger partial charge is 0.258 e. The topological polar surface area (TPSA) is 91.4 Å². The number of benzene rings is 2. The van der Waals surface area contributed by atoms with Gasteiger partial charge in [0.25, 0.3) is 5.89 Å². The van der Waals surface area contributed by atoms with Crippen molar-refractivity contribution in [1.29, 1.82) is 5.26 Å². The van der Waals surface area contributed by atoms with Crippen molar-refractivity contribution >= 4 is 0 Å². The Balaban J connectivity index is 1.70. The first-order valence-corrected chi connectivity index (χ1v) is 7.28. The molecule has 6 nitrogen and oxygen atoms in total. The molecule has 6 heteroatoms. The van der Waals surface area contributed by atoms with E-state index >= 15 is 0 Å². The predicted octanol–water partition coefficient (Wildman–Crippen LogP) is 3.67. The summed E-state index contributed by atoms with van der Waals surface area (Å²) in [6.45, 7) is 0. The Morgan fingerprint density at radius 2 is 1.79 bits per heavy atom. The van der Waals surface area contributed by atoms with Gasteiger partial charge in [-0.05, 0) is 30.3 Å². The van der Waals surface area contributed by atoms with Gasteiger partial charge in [-0.25, -0.2) is 0 Å². The molecule has 24 heavy (non-hydrogen) atoms. The predicted molar refractivity (Wildman–Crippen MR) is 87.5 cm³/mol. The monoisotopic (exact) mass is 313 g/mol. The van der Waals surface area contributed by atoms with Crippen LogP contribution in [0.25, 0.3) is 34.1 Å². The van der Waals surface area contributed by atoms with Crippen molar-refractivity contribution in [3.05, 3.63) is 66.4 Å². The Labute approximate surface area is 137 Å². The Morgan fingerprint density at radius 1 is 0.958 bits per heavy atom. The van der Waals surface area contributed by atoms with Crippen LogP contribution >= 0.6 is 0 Å². The third-order valence-corrected chi connectivity index (χ3v) is 3.60. The Morgan fingerprint density at radius 3 is 2.62 bits per heavy atom. The van der Waals surface area contributed by atoms with E-state index in [-0.39, 0.29) is 0 Å². The second-order valence-electron chi connectivity index (χ2n) is 5.17. The average Bonchev–Trinajstić information content (AvgIpc) is 3.34. The minimum absolute atomic E-state index is 0.383. The third kappa shape index (κ3) is 2.55. The van der Waals surface area contributed by atoms with Crippen molar-refractivity contribution in [2.45, 2.75) is 0 Å². The summed E-state index contributed by atoms with van der Waals surface area (Å²) in [5.41, 5.74) is 4.02. The number of hydrogen-bond acceptors (Lipinski definition) is 5. The number of aromatic amines is 1. The van der Waals surface area contributed by atoms with Gasteiger partial charge in [0.15, 0.2) is 0 Å². The van der Waals surface area contributed by atoms with E-state index in [1.807, 2.05) is 36.4 Å². The molecule has 2 heterocycles. The van der Waals surface area contributed by atoms with Crippen molar-refractivity contribution in [1.82, 2.24) is 20.3 Å². The van der Waals surface area contributed by atoms with Crippen LogP contribution in [0.5, 0.6) is 0 Å². The fourth-order valence-corrected chi connectivity index (χ4v) is 2.42. The van der Waals surface area contributed by atoms with Gasteiger partial charge >= 0.3 is 0 Å². The third-order valence-electron chi connectivity index (χ3n) is 3.60. The van der Waals surface area contributed by atoms with Crippen LogP contribution < -0.4 is 0 Å². The molecule has 0 atom stereocenters. The number of nitrogens with zero attached hydrogens (tertiary/aromatic N) is 4. The van der Waals surface area contributed by atoms with Gasteiger partial charge in [0, 0.05) is 22.9 Å². The molecule has 0 bridgehead atoms. The molecular formula is C18H11N5O. The molecule has 4 rings (SSSR count). The number of nitrogens with one attached hydrogen (secondary N) is 1. The lowest BCUT2D eigenvalue weighted by molar-refractivity contribution is 0.432. The van der Waals surface area contributed by atoms with Crippen LogP contribution in [0.15, 0.2) is 65.3 Å². The van der Waals surface area contributed by atoms with E-state index in [1.54, 1.807) is 24.4 Å². The number of hydrogen-bond donors (Lipinski definition) is 1. The van der Waals surface area contributed by atoms with E-state index in [9.17, 15) is 0 Å². The van der Waals surface area contributed by atoms with Crippen LogP contribution in [0.1, 0.15) is 5.56 Å². The van der Waals surface area contributed by atoms with Crippen LogP contribution in [0, 0.1) is 11.3 Å². The zero-order valence-electron chi connectivity index (χ0n) is 12.5. The average molecular weight is 313 g/mol. The standard InChI is InChI=1S/C18H11N5O/c19-11-12-3-1-6-15(9-12)18-21-17(23-24-18)14-5-2-4-13(10-14)16-7-8-20-22-16/h1-10H,(H,20,22). The Kier molecular flexibility index (Phi) is 3.37. The van der Waals surface area contributed by atoms with E-state index in [0.29, 0.717) is 17.3 Å².